The number of aromatic nitrogens is 3. The summed E-state index contributed by atoms with van der Waals surface area (Å²) >= 11 is 0. The van der Waals surface area contributed by atoms with Crippen LogP contribution in [0.5, 0.6) is 17.2 Å². The Morgan fingerprint density at radius 1 is 1.06 bits per heavy atom. The number of pyridine rings is 1. The van der Waals surface area contributed by atoms with Crippen molar-refractivity contribution in [1.29, 1.82) is 4.78 Å². The van der Waals surface area contributed by atoms with E-state index < -0.39 is 9.92 Å². The molecule has 0 aliphatic heterocycles. The molecule has 0 radical (unpaired) electrons. The summed E-state index contributed by atoms with van der Waals surface area (Å²) in [7, 11) is 0.216. The largest absolute Gasteiger partial charge is 0.497 e. The van der Waals surface area contributed by atoms with Crippen molar-refractivity contribution >= 4 is 20.8 Å². The van der Waals surface area contributed by atoms with Gasteiger partial charge in [0.05, 0.1) is 29.3 Å². The average Bonchev–Trinajstić information content (AvgIpc) is 3.20. The average molecular weight is 438 g/mol. The van der Waals surface area contributed by atoms with Crippen LogP contribution in [-0.4, -0.2) is 26.1 Å². The molecule has 8 nitrogen and oxygen atoms in total. The smallest absolute Gasteiger partial charge is 0.138 e. The molecule has 160 valence electrons. The lowest BCUT2D eigenvalue weighted by Crippen LogP contribution is -2.27. The minimum Gasteiger partial charge on any atom is -0.497 e. The lowest BCUT2D eigenvalue weighted by molar-refractivity contribution is 0.415. The number of rotatable bonds is 7. The van der Waals surface area contributed by atoms with Crippen molar-refractivity contribution in [2.24, 2.45) is 7.05 Å². The maximum absolute atomic E-state index is 13.0. The quantitative estimate of drug-likeness (QED) is 0.445. The van der Waals surface area contributed by atoms with Crippen molar-refractivity contribution in [2.75, 3.05) is 7.11 Å². The molecule has 0 aliphatic rings. The second-order valence-electron chi connectivity index (χ2n) is 7.04. The highest BCUT2D eigenvalue weighted by Gasteiger charge is 2.17. The second kappa shape index (κ2) is 8.37. The van der Waals surface area contributed by atoms with Crippen LogP contribution in [0.3, 0.4) is 0 Å². The summed E-state index contributed by atoms with van der Waals surface area (Å²) < 4.78 is 37.2. The van der Waals surface area contributed by atoms with Gasteiger partial charge < -0.3 is 9.47 Å². The molecule has 0 saturated carbocycles. The molecule has 4 aromatic rings. The van der Waals surface area contributed by atoms with E-state index >= 15 is 0 Å². The van der Waals surface area contributed by atoms with Crippen LogP contribution < -0.4 is 14.2 Å². The number of hydrogen-bond donors (Lipinski definition) is 2. The van der Waals surface area contributed by atoms with Gasteiger partial charge in [-0.3, -0.25) is 9.67 Å². The molecule has 2 aromatic heterocycles. The molecule has 0 spiro atoms. The summed E-state index contributed by atoms with van der Waals surface area (Å²) in [6.07, 6.45) is 3.34. The number of ether oxygens (including phenoxy) is 2. The lowest BCUT2D eigenvalue weighted by Gasteiger charge is -2.17. The van der Waals surface area contributed by atoms with E-state index in [1.165, 1.54) is 0 Å². The fourth-order valence-electron chi connectivity index (χ4n) is 3.33. The van der Waals surface area contributed by atoms with Gasteiger partial charge in [0.1, 0.15) is 27.2 Å². The summed E-state index contributed by atoms with van der Waals surface area (Å²) in [5, 5.41) is 4.97. The van der Waals surface area contributed by atoms with Gasteiger partial charge >= 0.3 is 0 Å². The predicted octanol–water partition coefficient (Wildman–Crippen LogP) is 4.44. The van der Waals surface area contributed by atoms with Gasteiger partial charge in [0.2, 0.25) is 0 Å². The fourth-order valence-corrected chi connectivity index (χ4v) is 4.60. The van der Waals surface area contributed by atoms with Gasteiger partial charge in [-0.2, -0.15) is 5.10 Å². The van der Waals surface area contributed by atoms with Gasteiger partial charge in [-0.1, -0.05) is 0 Å². The highest BCUT2D eigenvalue weighted by Crippen LogP contribution is 2.31. The van der Waals surface area contributed by atoms with Crippen molar-refractivity contribution in [3.8, 4) is 17.2 Å². The zero-order valence-electron chi connectivity index (χ0n) is 17.4. The van der Waals surface area contributed by atoms with Crippen molar-refractivity contribution < 1.29 is 13.7 Å². The fraction of sp³-hybridized carbons (Fsp3) is 0.182. The topological polar surface area (TPSA) is 102 Å². The van der Waals surface area contributed by atoms with Crippen LogP contribution in [0.4, 0.5) is 0 Å². The van der Waals surface area contributed by atoms with Crippen LogP contribution in [0.15, 0.2) is 71.9 Å². The predicted molar refractivity (Wildman–Crippen MR) is 119 cm³/mol. The normalized spacial score (nSPS) is 14.2. The third-order valence-corrected chi connectivity index (χ3v) is 6.56. The zero-order valence-corrected chi connectivity index (χ0v) is 18.2. The molecule has 2 N–H and O–H groups in total. The molecule has 9 heteroatoms. The molecule has 0 unspecified atom stereocenters. The molecule has 0 amide bonds. The lowest BCUT2D eigenvalue weighted by atomic mass is 10.2. The first-order valence-electron chi connectivity index (χ1n) is 9.62. The Balaban J connectivity index is 1.53. The maximum atomic E-state index is 13.0. The van der Waals surface area contributed by atoms with Crippen molar-refractivity contribution in [3.63, 3.8) is 0 Å². The zero-order chi connectivity index (χ0) is 22.0. The van der Waals surface area contributed by atoms with Crippen LogP contribution >= 0.6 is 0 Å². The third kappa shape index (κ3) is 4.37. The van der Waals surface area contributed by atoms with E-state index in [1.807, 2.05) is 38.2 Å². The van der Waals surface area contributed by atoms with E-state index in [0.717, 1.165) is 22.3 Å². The Bertz CT molecular complexity index is 1320. The molecule has 0 fully saturated rings. The molecule has 4 rings (SSSR count). The Labute approximate surface area is 180 Å². The van der Waals surface area contributed by atoms with Crippen molar-refractivity contribution in [3.05, 3.63) is 72.7 Å². The van der Waals surface area contributed by atoms with Gasteiger partial charge in [0.25, 0.3) is 0 Å². The molecule has 0 saturated heterocycles. The van der Waals surface area contributed by atoms with E-state index in [4.69, 9.17) is 14.3 Å². The van der Waals surface area contributed by atoms with E-state index in [9.17, 15) is 4.21 Å². The van der Waals surface area contributed by atoms with Crippen LogP contribution in [0.1, 0.15) is 18.7 Å². The van der Waals surface area contributed by atoms with Crippen molar-refractivity contribution in [2.45, 2.75) is 17.9 Å². The Hall–Kier alpha value is -3.43. The van der Waals surface area contributed by atoms with Gasteiger partial charge in [-0.25, -0.2) is 13.7 Å². The number of fused-ring (bicyclic) bond motifs is 1. The molecule has 2 atom stereocenters. The van der Waals surface area contributed by atoms with E-state index in [0.29, 0.717) is 16.4 Å². The number of benzene rings is 2. The molecule has 2 heterocycles. The first-order valence-corrected chi connectivity index (χ1v) is 11.2. The van der Waals surface area contributed by atoms with Crippen LogP contribution in [0.25, 0.3) is 10.9 Å². The molecule has 0 bridgehead atoms. The number of methoxy groups -OCH3 is 1. The SMILES string of the molecule is COc1ccc2c(Oc3ccc([S@](=N)(=O)N[C@H](C)c4ccnn4C)cc3)ccnc2c1. The van der Waals surface area contributed by atoms with E-state index in [-0.39, 0.29) is 6.04 Å². The summed E-state index contributed by atoms with van der Waals surface area (Å²) in [6.45, 7) is 1.85. The third-order valence-electron chi connectivity index (χ3n) is 4.94. The minimum atomic E-state index is -3.20. The Morgan fingerprint density at radius 3 is 2.48 bits per heavy atom. The second-order valence-corrected chi connectivity index (χ2v) is 8.86. The molecule has 0 aliphatic carbocycles. The Morgan fingerprint density at radius 2 is 1.81 bits per heavy atom. The highest BCUT2D eigenvalue weighted by molar-refractivity contribution is 7.90. The Kier molecular flexibility index (Phi) is 5.62. The summed E-state index contributed by atoms with van der Waals surface area (Å²) in [6, 6.07) is 15.6. The first kappa shape index (κ1) is 20.8. The molecular formula is C22H23N5O3S. The van der Waals surface area contributed by atoms with Gasteiger partial charge in [0.15, 0.2) is 0 Å². The molecule has 2 aromatic carbocycles. The minimum absolute atomic E-state index is 0.298. The standard InChI is InChI=1S/C22H23N5O3S/c1-15(21-10-13-25-27(21)2)26-31(23,28)18-7-4-16(5-8-18)30-22-11-12-24-20-14-17(29-3)6-9-19(20)22/h4-15H,1-3H3,(H2,23,26,28)/t15-,31-/m1/s1. The summed E-state index contributed by atoms with van der Waals surface area (Å²) in [4.78, 5) is 4.73. The number of nitrogens with one attached hydrogen (secondary N) is 2. The van der Waals surface area contributed by atoms with Gasteiger partial charge in [-0.15, -0.1) is 0 Å². The van der Waals surface area contributed by atoms with E-state index in [2.05, 4.69) is 14.8 Å². The van der Waals surface area contributed by atoms with Crippen LogP contribution in [0, 0.1) is 4.78 Å². The number of nitrogens with zero attached hydrogens (tertiary/aromatic N) is 3. The van der Waals surface area contributed by atoms with E-state index in [1.54, 1.807) is 54.5 Å². The van der Waals surface area contributed by atoms with Crippen LogP contribution in [-0.2, 0) is 17.0 Å². The molecular weight excluding hydrogens is 414 g/mol. The van der Waals surface area contributed by atoms with Gasteiger partial charge in [0, 0.05) is 30.9 Å². The maximum Gasteiger partial charge on any atom is 0.138 e. The summed E-state index contributed by atoms with van der Waals surface area (Å²) in [5.41, 5.74) is 1.61. The summed E-state index contributed by atoms with van der Waals surface area (Å²) in [5.74, 6) is 1.94. The van der Waals surface area contributed by atoms with Crippen LogP contribution in [0.2, 0.25) is 0 Å². The molecule has 31 heavy (non-hydrogen) atoms. The number of hydrogen-bond acceptors (Lipinski definition) is 6. The van der Waals surface area contributed by atoms with Gasteiger partial charge in [-0.05, 0) is 55.5 Å². The van der Waals surface area contributed by atoms with Crippen molar-refractivity contribution in [1.82, 2.24) is 19.5 Å². The highest BCUT2D eigenvalue weighted by atomic mass is 32.2. The number of aryl methyl sites for hydroxylation is 1. The monoisotopic (exact) mass is 437 g/mol. The first-order chi connectivity index (χ1) is 14.9.